The van der Waals surface area contributed by atoms with Crippen molar-refractivity contribution in [3.05, 3.63) is 98.1 Å². The molecule has 9 heteroatoms. The smallest absolute Gasteiger partial charge is 0.335 e. The normalized spacial score (nSPS) is 9.65. The number of carbonyl (C=O) groups is 5. The standard InChI is InChI=1S/C25H18O9/c1-5-21(26)31-16-10-11-17(19(14-16)33-23(28)7-3)25(30)15-9-12-18(32-22(27)6-2)20(13-15)34-24(29)8-4/h5-14H,1-4H2. The SMILES string of the molecule is C=CC(=O)Oc1ccc(C(=O)c2ccc(OC(=O)C=C)c(OC(=O)C=C)c2)c(OC(=O)C=C)c1. The van der Waals surface area contributed by atoms with E-state index >= 15 is 0 Å². The van der Waals surface area contributed by atoms with E-state index in [0.29, 0.717) is 0 Å². The molecule has 0 heterocycles. The molecule has 0 aromatic heterocycles. The Kier molecular flexibility index (Phi) is 8.55. The molecule has 0 N–H and O–H groups in total. The van der Waals surface area contributed by atoms with Gasteiger partial charge in [0, 0.05) is 35.9 Å². The van der Waals surface area contributed by atoms with Crippen LogP contribution in [0.25, 0.3) is 0 Å². The highest BCUT2D eigenvalue weighted by atomic mass is 16.6. The van der Waals surface area contributed by atoms with Gasteiger partial charge in [-0.05, 0) is 30.3 Å². The minimum atomic E-state index is -0.867. The second kappa shape index (κ2) is 11.5. The number of ketones is 1. The van der Waals surface area contributed by atoms with E-state index < -0.39 is 29.7 Å². The van der Waals surface area contributed by atoms with Gasteiger partial charge in [-0.1, -0.05) is 26.3 Å². The first kappa shape index (κ1) is 25.2. The third kappa shape index (κ3) is 6.47. The molecule has 0 unspecified atom stereocenters. The van der Waals surface area contributed by atoms with Gasteiger partial charge in [0.15, 0.2) is 17.3 Å². The summed E-state index contributed by atoms with van der Waals surface area (Å²) in [6.45, 7) is 13.2. The van der Waals surface area contributed by atoms with Crippen LogP contribution in [0.2, 0.25) is 0 Å². The number of ether oxygens (including phenoxy) is 4. The molecule has 172 valence electrons. The van der Waals surface area contributed by atoms with Crippen molar-refractivity contribution >= 4 is 29.7 Å². The van der Waals surface area contributed by atoms with E-state index in [0.717, 1.165) is 36.4 Å². The van der Waals surface area contributed by atoms with Gasteiger partial charge in [-0.3, -0.25) is 4.79 Å². The van der Waals surface area contributed by atoms with Gasteiger partial charge in [0.25, 0.3) is 0 Å². The van der Waals surface area contributed by atoms with Gasteiger partial charge in [0.2, 0.25) is 0 Å². The summed E-state index contributed by atoms with van der Waals surface area (Å²) in [7, 11) is 0. The highest BCUT2D eigenvalue weighted by Gasteiger charge is 2.21. The van der Waals surface area contributed by atoms with Crippen LogP contribution >= 0.6 is 0 Å². The fourth-order valence-electron chi connectivity index (χ4n) is 2.42. The summed E-state index contributed by atoms with van der Waals surface area (Å²) >= 11 is 0. The highest BCUT2D eigenvalue weighted by Crippen LogP contribution is 2.32. The van der Waals surface area contributed by atoms with Gasteiger partial charge < -0.3 is 18.9 Å². The lowest BCUT2D eigenvalue weighted by Gasteiger charge is -2.13. The van der Waals surface area contributed by atoms with E-state index in [1.54, 1.807) is 0 Å². The van der Waals surface area contributed by atoms with Crippen LogP contribution in [0.15, 0.2) is 87.0 Å². The molecule has 0 spiro atoms. The predicted octanol–water partition coefficient (Wildman–Crippen LogP) is 3.28. The second-order valence-electron chi connectivity index (χ2n) is 6.15. The number of hydrogen-bond acceptors (Lipinski definition) is 9. The fourth-order valence-corrected chi connectivity index (χ4v) is 2.42. The van der Waals surface area contributed by atoms with Gasteiger partial charge in [-0.25, -0.2) is 19.2 Å². The van der Waals surface area contributed by atoms with Gasteiger partial charge >= 0.3 is 23.9 Å². The van der Waals surface area contributed by atoms with Crippen LogP contribution in [-0.4, -0.2) is 29.7 Å². The zero-order chi connectivity index (χ0) is 25.3. The van der Waals surface area contributed by atoms with Crippen molar-refractivity contribution in [2.45, 2.75) is 0 Å². The Morgan fingerprint density at radius 1 is 0.559 bits per heavy atom. The third-order valence-corrected chi connectivity index (χ3v) is 3.92. The number of benzene rings is 2. The van der Waals surface area contributed by atoms with E-state index in [2.05, 4.69) is 26.3 Å². The van der Waals surface area contributed by atoms with Crippen molar-refractivity contribution in [1.29, 1.82) is 0 Å². The molecule has 0 atom stereocenters. The van der Waals surface area contributed by atoms with E-state index in [4.69, 9.17) is 18.9 Å². The monoisotopic (exact) mass is 462 g/mol. The molecule has 0 saturated heterocycles. The first-order valence-electron chi connectivity index (χ1n) is 9.42. The van der Waals surface area contributed by atoms with Gasteiger partial charge in [0.05, 0.1) is 5.56 Å². The lowest BCUT2D eigenvalue weighted by atomic mass is 10.0. The maximum atomic E-state index is 13.2. The predicted molar refractivity (Wildman–Crippen MR) is 120 cm³/mol. The van der Waals surface area contributed by atoms with Crippen molar-refractivity contribution in [3.63, 3.8) is 0 Å². The Labute approximate surface area is 194 Å². The molecule has 9 nitrogen and oxygen atoms in total. The molecule has 0 amide bonds. The third-order valence-electron chi connectivity index (χ3n) is 3.92. The van der Waals surface area contributed by atoms with Crippen molar-refractivity contribution < 1.29 is 42.9 Å². The maximum absolute atomic E-state index is 13.2. The van der Waals surface area contributed by atoms with E-state index in [1.807, 2.05) is 0 Å². The number of hydrogen-bond donors (Lipinski definition) is 0. The Bertz CT molecular complexity index is 1220. The first-order chi connectivity index (χ1) is 16.2. The van der Waals surface area contributed by atoms with Crippen molar-refractivity contribution in [2.24, 2.45) is 0 Å². The lowest BCUT2D eigenvalue weighted by molar-refractivity contribution is -0.131. The average Bonchev–Trinajstić information content (AvgIpc) is 2.84. The fraction of sp³-hybridized carbons (Fsp3) is 0. The molecule has 0 bridgehead atoms. The van der Waals surface area contributed by atoms with Crippen LogP contribution in [-0.2, 0) is 19.2 Å². The zero-order valence-electron chi connectivity index (χ0n) is 17.8. The molecule has 0 fully saturated rings. The second-order valence-corrected chi connectivity index (χ2v) is 6.15. The summed E-state index contributed by atoms with van der Waals surface area (Å²) in [5.41, 5.74) is -0.109. The topological polar surface area (TPSA) is 122 Å². The zero-order valence-corrected chi connectivity index (χ0v) is 17.8. The van der Waals surface area contributed by atoms with Gasteiger partial charge in [-0.15, -0.1) is 0 Å². The minimum Gasteiger partial charge on any atom is -0.423 e. The Hall–Kier alpha value is -5.05. The van der Waals surface area contributed by atoms with Gasteiger partial charge in [0.1, 0.15) is 11.5 Å². The van der Waals surface area contributed by atoms with Crippen LogP contribution in [0.3, 0.4) is 0 Å². The van der Waals surface area contributed by atoms with Crippen LogP contribution in [0, 0.1) is 0 Å². The molecule has 2 aromatic rings. The summed E-state index contributed by atoms with van der Waals surface area (Å²) in [6, 6.07) is 7.41. The Morgan fingerprint density at radius 3 is 1.62 bits per heavy atom. The van der Waals surface area contributed by atoms with Crippen LogP contribution < -0.4 is 18.9 Å². The van der Waals surface area contributed by atoms with Crippen molar-refractivity contribution in [3.8, 4) is 23.0 Å². The summed E-state index contributed by atoms with van der Waals surface area (Å²) in [5.74, 6) is -4.61. The Morgan fingerprint density at radius 2 is 1.06 bits per heavy atom. The molecule has 2 aromatic carbocycles. The van der Waals surface area contributed by atoms with Crippen LogP contribution in [0.1, 0.15) is 15.9 Å². The summed E-state index contributed by atoms with van der Waals surface area (Å²) in [4.78, 5) is 59.7. The quantitative estimate of drug-likeness (QED) is 0.226. The summed E-state index contributed by atoms with van der Waals surface area (Å²) in [6.07, 6.45) is 3.59. The molecular weight excluding hydrogens is 444 g/mol. The number of rotatable bonds is 10. The number of esters is 4. The van der Waals surface area contributed by atoms with Crippen molar-refractivity contribution in [1.82, 2.24) is 0 Å². The summed E-state index contributed by atoms with van der Waals surface area (Å²) < 4.78 is 20.2. The van der Waals surface area contributed by atoms with E-state index in [9.17, 15) is 24.0 Å². The molecule has 2 rings (SSSR count). The molecule has 0 aliphatic heterocycles. The molecule has 34 heavy (non-hydrogen) atoms. The molecule has 0 saturated carbocycles. The molecule has 0 radical (unpaired) electrons. The minimum absolute atomic E-state index is 0.0133. The summed E-state index contributed by atoms with van der Waals surface area (Å²) in [5, 5.41) is 0. The van der Waals surface area contributed by atoms with Crippen molar-refractivity contribution in [2.75, 3.05) is 0 Å². The molecular formula is C25H18O9. The molecule has 0 aliphatic rings. The largest absolute Gasteiger partial charge is 0.423 e. The molecule has 0 aliphatic carbocycles. The maximum Gasteiger partial charge on any atom is 0.335 e. The van der Waals surface area contributed by atoms with Crippen LogP contribution in [0.4, 0.5) is 0 Å². The average molecular weight is 462 g/mol. The first-order valence-corrected chi connectivity index (χ1v) is 9.42. The van der Waals surface area contributed by atoms with Gasteiger partial charge in [-0.2, -0.15) is 0 Å². The highest BCUT2D eigenvalue weighted by molar-refractivity contribution is 6.11. The van der Waals surface area contributed by atoms with Crippen LogP contribution in [0.5, 0.6) is 23.0 Å². The Balaban J connectivity index is 2.54. The van der Waals surface area contributed by atoms with E-state index in [1.165, 1.54) is 24.3 Å². The number of carbonyl (C=O) groups excluding carboxylic acids is 5. The van der Waals surface area contributed by atoms with E-state index in [-0.39, 0.29) is 34.1 Å². The lowest BCUT2D eigenvalue weighted by Crippen LogP contribution is -2.12.